The van der Waals surface area contributed by atoms with E-state index in [2.05, 4.69) is 17.2 Å². The third kappa shape index (κ3) is 2.20. The first-order chi connectivity index (χ1) is 9.65. The van der Waals surface area contributed by atoms with Crippen LogP contribution in [-0.4, -0.2) is 4.98 Å². The van der Waals surface area contributed by atoms with Crippen molar-refractivity contribution in [2.24, 2.45) is 0 Å². The van der Waals surface area contributed by atoms with E-state index in [0.717, 1.165) is 33.7 Å². The first kappa shape index (κ1) is 12.5. The predicted molar refractivity (Wildman–Crippen MR) is 81.6 cm³/mol. The first-order valence-corrected chi connectivity index (χ1v) is 6.60. The molecule has 4 nitrogen and oxygen atoms in total. The number of anilines is 2. The lowest BCUT2D eigenvalue weighted by Gasteiger charge is -2.15. The Labute approximate surface area is 117 Å². The second kappa shape index (κ2) is 4.89. The molecule has 20 heavy (non-hydrogen) atoms. The van der Waals surface area contributed by atoms with Crippen LogP contribution in [0.2, 0.25) is 0 Å². The maximum Gasteiger partial charge on any atom is 0.126 e. The van der Waals surface area contributed by atoms with Gasteiger partial charge in [-0.25, -0.2) is 0 Å². The third-order valence-corrected chi connectivity index (χ3v) is 3.41. The number of hydrogen-bond acceptors (Lipinski definition) is 4. The molecule has 4 heteroatoms. The van der Waals surface area contributed by atoms with Gasteiger partial charge in [-0.3, -0.25) is 4.98 Å². The van der Waals surface area contributed by atoms with Gasteiger partial charge in [-0.1, -0.05) is 0 Å². The van der Waals surface area contributed by atoms with Gasteiger partial charge in [-0.05, 0) is 44.2 Å². The molecule has 1 unspecified atom stereocenters. The second-order valence-electron chi connectivity index (χ2n) is 4.94. The highest BCUT2D eigenvalue weighted by atomic mass is 16.3. The zero-order chi connectivity index (χ0) is 14.1. The van der Waals surface area contributed by atoms with Gasteiger partial charge in [0.25, 0.3) is 0 Å². The summed E-state index contributed by atoms with van der Waals surface area (Å²) in [6, 6.07) is 9.90. The number of nitrogen functional groups attached to an aromatic ring is 1. The van der Waals surface area contributed by atoms with E-state index in [0.29, 0.717) is 0 Å². The molecule has 0 bridgehead atoms. The number of aromatic nitrogens is 1. The maximum absolute atomic E-state index is 5.98. The fraction of sp³-hybridized carbons (Fsp3) is 0.188. The van der Waals surface area contributed by atoms with E-state index in [-0.39, 0.29) is 6.04 Å². The summed E-state index contributed by atoms with van der Waals surface area (Å²) in [6.45, 7) is 4.02. The van der Waals surface area contributed by atoms with Gasteiger partial charge in [0.1, 0.15) is 11.5 Å². The first-order valence-electron chi connectivity index (χ1n) is 6.60. The number of benzene rings is 1. The topological polar surface area (TPSA) is 64.1 Å². The summed E-state index contributed by atoms with van der Waals surface area (Å²) in [5.74, 6) is 1.83. The Morgan fingerprint density at radius 3 is 2.75 bits per heavy atom. The molecule has 0 spiro atoms. The van der Waals surface area contributed by atoms with Gasteiger partial charge in [0.2, 0.25) is 0 Å². The van der Waals surface area contributed by atoms with E-state index in [4.69, 9.17) is 10.2 Å². The number of nitrogens with zero attached hydrogens (tertiary/aromatic N) is 1. The molecule has 3 rings (SSSR count). The molecule has 3 aromatic rings. The molecular formula is C16H17N3O. The summed E-state index contributed by atoms with van der Waals surface area (Å²) < 4.78 is 5.65. The van der Waals surface area contributed by atoms with Crippen molar-refractivity contribution in [1.29, 1.82) is 0 Å². The summed E-state index contributed by atoms with van der Waals surface area (Å²) in [5, 5.41) is 5.49. The van der Waals surface area contributed by atoms with Crippen molar-refractivity contribution in [3.8, 4) is 0 Å². The van der Waals surface area contributed by atoms with Crippen LogP contribution in [0, 0.1) is 6.92 Å². The van der Waals surface area contributed by atoms with Crippen LogP contribution < -0.4 is 11.1 Å². The SMILES string of the molecule is Cc1ccc(C(C)Nc2ccc(N)c3cnccc23)o1. The van der Waals surface area contributed by atoms with E-state index in [1.165, 1.54) is 0 Å². The van der Waals surface area contributed by atoms with Crippen LogP contribution in [0.15, 0.2) is 47.1 Å². The quantitative estimate of drug-likeness (QED) is 0.706. The molecule has 1 aromatic carbocycles. The minimum Gasteiger partial charge on any atom is -0.464 e. The average Bonchev–Trinajstić information content (AvgIpc) is 2.89. The number of rotatable bonds is 3. The van der Waals surface area contributed by atoms with E-state index in [9.17, 15) is 0 Å². The maximum atomic E-state index is 5.98. The van der Waals surface area contributed by atoms with E-state index >= 15 is 0 Å². The molecule has 2 aromatic heterocycles. The summed E-state index contributed by atoms with van der Waals surface area (Å²) in [4.78, 5) is 4.13. The molecule has 0 saturated heterocycles. The van der Waals surface area contributed by atoms with Crippen molar-refractivity contribution in [2.45, 2.75) is 19.9 Å². The van der Waals surface area contributed by atoms with E-state index in [1.807, 2.05) is 37.3 Å². The molecule has 0 radical (unpaired) electrons. The average molecular weight is 267 g/mol. The van der Waals surface area contributed by atoms with Crippen LogP contribution in [0.5, 0.6) is 0 Å². The second-order valence-corrected chi connectivity index (χ2v) is 4.94. The molecule has 102 valence electrons. The summed E-state index contributed by atoms with van der Waals surface area (Å²) in [6.07, 6.45) is 3.56. The lowest BCUT2D eigenvalue weighted by atomic mass is 10.1. The van der Waals surface area contributed by atoms with Crippen LogP contribution in [0.1, 0.15) is 24.5 Å². The Kier molecular flexibility index (Phi) is 3.06. The smallest absolute Gasteiger partial charge is 0.126 e. The summed E-state index contributed by atoms with van der Waals surface area (Å²) in [7, 11) is 0. The van der Waals surface area contributed by atoms with Crippen molar-refractivity contribution >= 4 is 22.1 Å². The lowest BCUT2D eigenvalue weighted by Crippen LogP contribution is -2.06. The minimum absolute atomic E-state index is 0.0867. The standard InChI is InChI=1S/C16H17N3O/c1-10-3-6-16(20-10)11(2)19-15-5-4-14(17)13-9-18-8-7-12(13)15/h3-9,11,19H,17H2,1-2H3. The molecule has 2 heterocycles. The predicted octanol–water partition coefficient (Wildman–Crippen LogP) is 3.89. The Bertz CT molecular complexity index is 748. The largest absolute Gasteiger partial charge is 0.464 e. The zero-order valence-electron chi connectivity index (χ0n) is 11.6. The Morgan fingerprint density at radius 1 is 1.15 bits per heavy atom. The Morgan fingerprint density at radius 2 is 2.00 bits per heavy atom. The number of nitrogens with two attached hydrogens (primary N) is 1. The van der Waals surface area contributed by atoms with Crippen LogP contribution in [0.3, 0.4) is 0 Å². The van der Waals surface area contributed by atoms with E-state index < -0.39 is 0 Å². The van der Waals surface area contributed by atoms with Crippen molar-refractivity contribution in [1.82, 2.24) is 4.98 Å². The fourth-order valence-electron chi connectivity index (χ4n) is 2.33. The molecule has 0 fully saturated rings. The molecule has 0 amide bonds. The summed E-state index contributed by atoms with van der Waals surface area (Å²) in [5.41, 5.74) is 7.75. The third-order valence-electron chi connectivity index (χ3n) is 3.41. The molecule has 0 aliphatic carbocycles. The van der Waals surface area contributed by atoms with Gasteiger partial charge in [0.15, 0.2) is 0 Å². The van der Waals surface area contributed by atoms with Crippen molar-refractivity contribution in [3.05, 3.63) is 54.2 Å². The molecule has 0 aliphatic heterocycles. The van der Waals surface area contributed by atoms with Gasteiger partial charge < -0.3 is 15.5 Å². The monoisotopic (exact) mass is 267 g/mol. The van der Waals surface area contributed by atoms with Gasteiger partial charge >= 0.3 is 0 Å². The van der Waals surface area contributed by atoms with Crippen molar-refractivity contribution < 1.29 is 4.42 Å². The molecule has 0 saturated carbocycles. The molecule has 1 atom stereocenters. The van der Waals surface area contributed by atoms with Crippen LogP contribution in [0.25, 0.3) is 10.8 Å². The van der Waals surface area contributed by atoms with Crippen LogP contribution in [-0.2, 0) is 0 Å². The normalized spacial score (nSPS) is 12.5. The Balaban J connectivity index is 1.97. The molecule has 3 N–H and O–H groups in total. The van der Waals surface area contributed by atoms with Gasteiger partial charge in [0, 0.05) is 34.5 Å². The number of aryl methyl sites for hydroxylation is 1. The number of fused-ring (bicyclic) bond motifs is 1. The van der Waals surface area contributed by atoms with E-state index in [1.54, 1.807) is 12.4 Å². The van der Waals surface area contributed by atoms with Gasteiger partial charge in [-0.15, -0.1) is 0 Å². The molecule has 0 aliphatic rings. The highest BCUT2D eigenvalue weighted by molar-refractivity contribution is 6.00. The highest BCUT2D eigenvalue weighted by Crippen LogP contribution is 2.30. The zero-order valence-corrected chi connectivity index (χ0v) is 11.6. The summed E-state index contributed by atoms with van der Waals surface area (Å²) >= 11 is 0. The van der Waals surface area contributed by atoms with Gasteiger partial charge in [-0.2, -0.15) is 0 Å². The van der Waals surface area contributed by atoms with Gasteiger partial charge in [0.05, 0.1) is 6.04 Å². The van der Waals surface area contributed by atoms with Crippen LogP contribution >= 0.6 is 0 Å². The number of nitrogens with one attached hydrogen (secondary N) is 1. The van der Waals surface area contributed by atoms with Crippen molar-refractivity contribution in [3.63, 3.8) is 0 Å². The number of pyridine rings is 1. The molecular weight excluding hydrogens is 250 g/mol. The van der Waals surface area contributed by atoms with Crippen LogP contribution in [0.4, 0.5) is 11.4 Å². The Hall–Kier alpha value is -2.49. The highest BCUT2D eigenvalue weighted by Gasteiger charge is 2.11. The minimum atomic E-state index is 0.0867. The lowest BCUT2D eigenvalue weighted by molar-refractivity contribution is 0.467. The fourth-order valence-corrected chi connectivity index (χ4v) is 2.33. The number of hydrogen-bond donors (Lipinski definition) is 2. The number of furan rings is 1. The van der Waals surface area contributed by atoms with Crippen molar-refractivity contribution in [2.75, 3.05) is 11.1 Å².